The minimum Gasteiger partial charge on any atom is -0.451 e. The Labute approximate surface area is 104 Å². The van der Waals surface area contributed by atoms with Gasteiger partial charge in [-0.1, -0.05) is 6.92 Å². The van der Waals surface area contributed by atoms with E-state index in [9.17, 15) is 8.42 Å². The van der Waals surface area contributed by atoms with E-state index in [4.69, 9.17) is 4.42 Å². The van der Waals surface area contributed by atoms with Crippen LogP contribution in [-0.2, 0) is 23.0 Å². The van der Waals surface area contributed by atoms with Crippen LogP contribution in [0.15, 0.2) is 33.4 Å². The maximum Gasteiger partial charge on any atom is 0.250 e. The SMILES string of the molecule is CCc1ccc(S(=O)(=O)NCc2cocn2)s1. The zero-order valence-corrected chi connectivity index (χ0v) is 10.8. The van der Waals surface area contributed by atoms with Gasteiger partial charge in [-0.2, -0.15) is 0 Å². The summed E-state index contributed by atoms with van der Waals surface area (Å²) in [6.07, 6.45) is 3.52. The average molecular weight is 272 g/mol. The van der Waals surface area contributed by atoms with E-state index in [0.29, 0.717) is 9.90 Å². The van der Waals surface area contributed by atoms with Gasteiger partial charge in [0.2, 0.25) is 10.0 Å². The first-order valence-corrected chi connectivity index (χ1v) is 7.37. The predicted octanol–water partition coefficient (Wildman–Crippen LogP) is 1.78. The molecule has 0 aliphatic carbocycles. The lowest BCUT2D eigenvalue weighted by molar-refractivity contribution is 0.555. The normalized spacial score (nSPS) is 11.8. The highest BCUT2D eigenvalue weighted by Gasteiger charge is 2.16. The molecule has 1 N–H and O–H groups in total. The number of rotatable bonds is 5. The Morgan fingerprint density at radius 2 is 2.29 bits per heavy atom. The van der Waals surface area contributed by atoms with E-state index in [0.717, 1.165) is 11.3 Å². The van der Waals surface area contributed by atoms with Crippen LogP contribution < -0.4 is 4.72 Å². The quantitative estimate of drug-likeness (QED) is 0.900. The number of aromatic nitrogens is 1. The molecule has 0 aliphatic rings. The van der Waals surface area contributed by atoms with Gasteiger partial charge in [-0.15, -0.1) is 11.3 Å². The average Bonchev–Trinajstić information content (AvgIpc) is 2.98. The highest BCUT2D eigenvalue weighted by atomic mass is 32.2. The molecule has 0 radical (unpaired) electrons. The first-order chi connectivity index (χ1) is 8.12. The van der Waals surface area contributed by atoms with Crippen LogP contribution in [0.4, 0.5) is 0 Å². The minimum atomic E-state index is -3.44. The zero-order valence-electron chi connectivity index (χ0n) is 9.21. The van der Waals surface area contributed by atoms with E-state index in [1.807, 2.05) is 13.0 Å². The van der Waals surface area contributed by atoms with Crippen molar-refractivity contribution < 1.29 is 12.8 Å². The fraction of sp³-hybridized carbons (Fsp3) is 0.300. The molecule has 2 rings (SSSR count). The fourth-order valence-electron chi connectivity index (χ4n) is 1.26. The van der Waals surface area contributed by atoms with Crippen LogP contribution in [0.25, 0.3) is 0 Å². The van der Waals surface area contributed by atoms with Crippen molar-refractivity contribution in [3.8, 4) is 0 Å². The monoisotopic (exact) mass is 272 g/mol. The largest absolute Gasteiger partial charge is 0.451 e. The second kappa shape index (κ2) is 4.99. The summed E-state index contributed by atoms with van der Waals surface area (Å²) in [6, 6.07) is 3.45. The van der Waals surface area contributed by atoms with Gasteiger partial charge in [0.15, 0.2) is 6.39 Å². The molecule has 0 fully saturated rings. The maximum absolute atomic E-state index is 11.9. The van der Waals surface area contributed by atoms with Crippen LogP contribution >= 0.6 is 11.3 Å². The molecule has 0 aromatic carbocycles. The summed E-state index contributed by atoms with van der Waals surface area (Å²) in [7, 11) is -3.44. The van der Waals surface area contributed by atoms with Gasteiger partial charge in [-0.05, 0) is 18.6 Å². The van der Waals surface area contributed by atoms with Gasteiger partial charge in [0.25, 0.3) is 0 Å². The van der Waals surface area contributed by atoms with Crippen LogP contribution in [-0.4, -0.2) is 13.4 Å². The van der Waals surface area contributed by atoms with E-state index < -0.39 is 10.0 Å². The molecule has 5 nitrogen and oxygen atoms in total. The molecule has 0 spiro atoms. The topological polar surface area (TPSA) is 72.2 Å². The van der Waals surface area contributed by atoms with Crippen molar-refractivity contribution in [1.29, 1.82) is 0 Å². The molecular formula is C10H12N2O3S2. The van der Waals surface area contributed by atoms with E-state index in [2.05, 4.69) is 9.71 Å². The van der Waals surface area contributed by atoms with Crippen molar-refractivity contribution in [1.82, 2.24) is 9.71 Å². The van der Waals surface area contributed by atoms with Crippen molar-refractivity contribution in [2.45, 2.75) is 24.1 Å². The predicted molar refractivity (Wildman–Crippen MR) is 64.2 cm³/mol. The Morgan fingerprint density at radius 3 is 2.88 bits per heavy atom. The summed E-state index contributed by atoms with van der Waals surface area (Å²) in [5.74, 6) is 0. The summed E-state index contributed by atoms with van der Waals surface area (Å²) >= 11 is 1.28. The summed E-state index contributed by atoms with van der Waals surface area (Å²) < 4.78 is 31.4. The third kappa shape index (κ3) is 2.93. The summed E-state index contributed by atoms with van der Waals surface area (Å²) in [5, 5.41) is 0. The van der Waals surface area contributed by atoms with Crippen LogP contribution in [0.3, 0.4) is 0 Å². The van der Waals surface area contributed by atoms with Crippen molar-refractivity contribution in [2.24, 2.45) is 0 Å². The van der Waals surface area contributed by atoms with Gasteiger partial charge in [-0.25, -0.2) is 18.1 Å². The van der Waals surface area contributed by atoms with Crippen molar-refractivity contribution in [2.75, 3.05) is 0 Å². The molecule has 2 aromatic heterocycles. The molecule has 2 aromatic rings. The lowest BCUT2D eigenvalue weighted by Crippen LogP contribution is -2.22. The molecular weight excluding hydrogens is 260 g/mol. The van der Waals surface area contributed by atoms with Crippen molar-refractivity contribution in [3.05, 3.63) is 35.4 Å². The third-order valence-electron chi connectivity index (χ3n) is 2.18. The second-order valence-corrected chi connectivity index (χ2v) is 6.54. The molecule has 0 unspecified atom stereocenters. The highest BCUT2D eigenvalue weighted by molar-refractivity contribution is 7.91. The lowest BCUT2D eigenvalue weighted by atomic mass is 10.4. The van der Waals surface area contributed by atoms with E-state index in [-0.39, 0.29) is 6.54 Å². The number of sulfonamides is 1. The Bertz CT molecular complexity index is 572. The number of nitrogens with one attached hydrogen (secondary N) is 1. The molecule has 0 aliphatic heterocycles. The molecule has 0 saturated heterocycles. The summed E-state index contributed by atoms with van der Waals surface area (Å²) in [4.78, 5) is 4.89. The first-order valence-electron chi connectivity index (χ1n) is 5.07. The molecule has 0 bridgehead atoms. The Morgan fingerprint density at radius 1 is 1.47 bits per heavy atom. The van der Waals surface area contributed by atoms with E-state index in [1.54, 1.807) is 6.07 Å². The minimum absolute atomic E-state index is 0.137. The standard InChI is InChI=1S/C10H12N2O3S2/c1-2-9-3-4-10(16-9)17(13,14)12-5-8-6-15-7-11-8/h3-4,6-7,12H,2,5H2,1H3. The van der Waals surface area contributed by atoms with Crippen LogP contribution in [0, 0.1) is 0 Å². The molecule has 17 heavy (non-hydrogen) atoms. The molecule has 92 valence electrons. The molecule has 7 heteroatoms. The number of nitrogens with zero attached hydrogens (tertiary/aromatic N) is 1. The highest BCUT2D eigenvalue weighted by Crippen LogP contribution is 2.21. The van der Waals surface area contributed by atoms with E-state index in [1.165, 1.54) is 24.0 Å². The fourth-order valence-corrected chi connectivity index (χ4v) is 3.60. The first kappa shape index (κ1) is 12.3. The molecule has 0 atom stereocenters. The lowest BCUT2D eigenvalue weighted by Gasteiger charge is -2.01. The zero-order chi connectivity index (χ0) is 12.3. The van der Waals surface area contributed by atoms with Crippen LogP contribution in [0.1, 0.15) is 17.5 Å². The van der Waals surface area contributed by atoms with Crippen LogP contribution in [0.5, 0.6) is 0 Å². The number of aryl methyl sites for hydroxylation is 1. The van der Waals surface area contributed by atoms with Crippen molar-refractivity contribution in [3.63, 3.8) is 0 Å². The van der Waals surface area contributed by atoms with Gasteiger partial charge in [0, 0.05) is 4.88 Å². The maximum atomic E-state index is 11.9. The summed E-state index contributed by atoms with van der Waals surface area (Å²) in [6.45, 7) is 2.13. The Hall–Kier alpha value is -1.18. The van der Waals surface area contributed by atoms with E-state index >= 15 is 0 Å². The van der Waals surface area contributed by atoms with Crippen molar-refractivity contribution >= 4 is 21.4 Å². The number of hydrogen-bond donors (Lipinski definition) is 1. The second-order valence-electron chi connectivity index (χ2n) is 3.38. The number of hydrogen-bond acceptors (Lipinski definition) is 5. The van der Waals surface area contributed by atoms with Gasteiger partial charge in [0.1, 0.15) is 10.5 Å². The van der Waals surface area contributed by atoms with Crippen LogP contribution in [0.2, 0.25) is 0 Å². The number of oxazole rings is 1. The smallest absolute Gasteiger partial charge is 0.250 e. The number of thiophene rings is 1. The third-order valence-corrected chi connectivity index (χ3v) is 5.30. The summed E-state index contributed by atoms with van der Waals surface area (Å²) in [5.41, 5.74) is 0.556. The molecule has 0 amide bonds. The molecule has 0 saturated carbocycles. The van der Waals surface area contributed by atoms with Gasteiger partial charge in [-0.3, -0.25) is 0 Å². The van der Waals surface area contributed by atoms with Gasteiger partial charge >= 0.3 is 0 Å². The van der Waals surface area contributed by atoms with Gasteiger partial charge in [0.05, 0.1) is 12.2 Å². The Balaban J connectivity index is 2.08. The molecule has 2 heterocycles. The Kier molecular flexibility index (Phi) is 3.60. The van der Waals surface area contributed by atoms with Gasteiger partial charge < -0.3 is 4.42 Å².